The van der Waals surface area contributed by atoms with Gasteiger partial charge in [-0.05, 0) is 50.9 Å². The zero-order valence-electron chi connectivity index (χ0n) is 34.7. The van der Waals surface area contributed by atoms with Gasteiger partial charge in [0.25, 0.3) is 0 Å². The van der Waals surface area contributed by atoms with Gasteiger partial charge < -0.3 is 34.4 Å². The van der Waals surface area contributed by atoms with Crippen LogP contribution in [0.1, 0.15) is 149 Å². The third-order valence-electron chi connectivity index (χ3n) is 8.82. The van der Waals surface area contributed by atoms with E-state index in [0.29, 0.717) is 19.3 Å². The molecule has 0 aliphatic rings. The van der Waals surface area contributed by atoms with Crippen LogP contribution in [0.2, 0.25) is 0 Å². The Labute approximate surface area is 342 Å². The Morgan fingerprint density at radius 1 is 0.614 bits per heavy atom. The number of rotatable bonds is 38. The molecule has 0 heterocycles. The largest absolute Gasteiger partial charge is 0.472 e. The highest BCUT2D eigenvalue weighted by molar-refractivity contribution is 7.47. The van der Waals surface area contributed by atoms with Crippen molar-refractivity contribution in [3.05, 3.63) is 48.6 Å². The molecule has 0 fully saturated rings. The first kappa shape index (κ1) is 55.0. The van der Waals surface area contributed by atoms with Gasteiger partial charge >= 0.3 is 27.6 Å². The van der Waals surface area contributed by atoms with E-state index in [1.165, 1.54) is 38.5 Å². The Bertz CT molecular complexity index is 1230. The van der Waals surface area contributed by atoms with Crippen LogP contribution in [0, 0.1) is 5.92 Å². The fourth-order valence-corrected chi connectivity index (χ4v) is 6.37. The van der Waals surface area contributed by atoms with Crippen LogP contribution >= 0.6 is 15.6 Å². The molecule has 0 radical (unpaired) electrons. The lowest BCUT2D eigenvalue weighted by atomic mass is 9.99. The summed E-state index contributed by atoms with van der Waals surface area (Å²) in [6.07, 6.45) is 30.3. The molecule has 2 unspecified atom stereocenters. The normalized spacial score (nSPS) is 15.7. The second kappa shape index (κ2) is 35.9. The minimum Gasteiger partial charge on any atom is -0.462 e. The second-order valence-corrected chi connectivity index (χ2v) is 17.0. The number of aliphatic hydroxyl groups is 2. The molecule has 0 rings (SSSR count). The van der Waals surface area contributed by atoms with Gasteiger partial charge in [0.05, 0.1) is 25.9 Å². The third kappa shape index (κ3) is 39.3. The van der Waals surface area contributed by atoms with Gasteiger partial charge in [-0.15, -0.1) is 0 Å². The molecule has 16 heteroatoms. The van der Waals surface area contributed by atoms with Crippen molar-refractivity contribution in [3.8, 4) is 0 Å². The van der Waals surface area contributed by atoms with Gasteiger partial charge in [-0.3, -0.25) is 23.2 Å². The molecule has 5 atom stereocenters. The van der Waals surface area contributed by atoms with Gasteiger partial charge in [0.2, 0.25) is 0 Å². The van der Waals surface area contributed by atoms with E-state index >= 15 is 0 Å². The molecule has 5 N–H and O–H groups in total. The molecule has 0 bridgehead atoms. The monoisotopic (exact) mass is 852 g/mol. The lowest BCUT2D eigenvalue weighted by molar-refractivity contribution is -0.161. The molecule has 0 saturated heterocycles. The van der Waals surface area contributed by atoms with Crippen molar-refractivity contribution in [2.75, 3.05) is 26.4 Å². The van der Waals surface area contributed by atoms with Crippen LogP contribution in [-0.2, 0) is 41.8 Å². The maximum absolute atomic E-state index is 12.6. The SMILES string of the molecule is CCCC[C@@H](O)/C=C\C/C=C\C/C=C\C/C=C\CCCC(=O)O[C@H](COC(=O)CCCCCCCCCCC(C)CC)COP(=O)(O)OC[C@@H](O)COP(=O)(O)O. The first-order valence-corrected chi connectivity index (χ1v) is 23.8. The Morgan fingerprint density at radius 3 is 1.77 bits per heavy atom. The number of phosphoric ester groups is 2. The topological polar surface area (TPSA) is 216 Å². The van der Waals surface area contributed by atoms with Gasteiger partial charge in [-0.25, -0.2) is 9.13 Å². The summed E-state index contributed by atoms with van der Waals surface area (Å²) in [5, 5.41) is 19.5. The highest BCUT2D eigenvalue weighted by atomic mass is 31.2. The Hall–Kier alpha value is -1.96. The van der Waals surface area contributed by atoms with E-state index in [9.17, 15) is 33.8 Å². The number of hydrogen-bond donors (Lipinski definition) is 5. The summed E-state index contributed by atoms with van der Waals surface area (Å²) in [6.45, 7) is 3.81. The third-order valence-corrected chi connectivity index (χ3v) is 10.3. The maximum atomic E-state index is 12.6. The fraction of sp³-hybridized carbons (Fsp3) is 0.756. The van der Waals surface area contributed by atoms with E-state index < -0.39 is 66.2 Å². The van der Waals surface area contributed by atoms with Crippen LogP contribution in [0.25, 0.3) is 0 Å². The summed E-state index contributed by atoms with van der Waals surface area (Å²) in [4.78, 5) is 52.5. The van der Waals surface area contributed by atoms with E-state index in [1.807, 2.05) is 30.4 Å². The Balaban J connectivity index is 4.69. The van der Waals surface area contributed by atoms with Gasteiger partial charge in [0.15, 0.2) is 6.10 Å². The number of carbonyl (C=O) groups excluding carboxylic acids is 2. The second-order valence-electron chi connectivity index (χ2n) is 14.3. The number of unbranched alkanes of at least 4 members (excludes halogenated alkanes) is 9. The Morgan fingerprint density at radius 2 is 1.16 bits per heavy atom. The standard InChI is InChI=1S/C41H74O14P2/c1-4-6-28-37(42)29-24-20-16-11-9-7-8-10-12-18-22-26-31-41(45)55-39(35-54-57(49,50)53-33-38(43)32-52-56(46,47)48)34-51-40(44)30-25-21-17-14-13-15-19-23-27-36(3)5-2/h7-8,11-12,16,18,24,29,36-39,42-43H,4-6,9-10,13-15,17,19-23,25-28,30-35H2,1-3H3,(H,49,50)(H2,46,47,48)/b8-7-,16-11-,18-12-,29-24-/t36?,37-,38+,39-/m1/s1. The zero-order valence-corrected chi connectivity index (χ0v) is 36.5. The average molecular weight is 853 g/mol. The van der Waals surface area contributed by atoms with Crippen LogP contribution < -0.4 is 0 Å². The number of hydrogen-bond acceptors (Lipinski definition) is 11. The lowest BCUT2D eigenvalue weighted by Gasteiger charge is -2.20. The van der Waals surface area contributed by atoms with Crippen molar-refractivity contribution in [1.29, 1.82) is 0 Å². The van der Waals surface area contributed by atoms with Crippen molar-refractivity contribution >= 4 is 27.6 Å². The summed E-state index contributed by atoms with van der Waals surface area (Å²) in [5.74, 6) is -0.336. The molecule has 0 amide bonds. The lowest BCUT2D eigenvalue weighted by Crippen LogP contribution is -2.29. The van der Waals surface area contributed by atoms with Crippen LogP contribution in [0.3, 0.4) is 0 Å². The number of ether oxygens (including phenoxy) is 2. The quantitative estimate of drug-likeness (QED) is 0.0170. The predicted molar refractivity (Wildman–Crippen MR) is 222 cm³/mol. The molecule has 0 aromatic carbocycles. The van der Waals surface area contributed by atoms with E-state index in [1.54, 1.807) is 0 Å². The molecular weight excluding hydrogens is 778 g/mol. The van der Waals surface area contributed by atoms with Crippen molar-refractivity contribution in [2.45, 2.75) is 167 Å². The smallest absolute Gasteiger partial charge is 0.462 e. The van der Waals surface area contributed by atoms with Gasteiger partial charge in [0.1, 0.15) is 12.7 Å². The Kier molecular flexibility index (Phi) is 34.7. The van der Waals surface area contributed by atoms with Crippen molar-refractivity contribution < 1.29 is 66.7 Å². The molecular formula is C41H74O14P2. The fourth-order valence-electron chi connectivity index (χ4n) is 5.22. The zero-order chi connectivity index (χ0) is 42.6. The van der Waals surface area contributed by atoms with Crippen molar-refractivity contribution in [1.82, 2.24) is 0 Å². The van der Waals surface area contributed by atoms with Crippen LogP contribution in [0.15, 0.2) is 48.6 Å². The molecule has 57 heavy (non-hydrogen) atoms. The number of allylic oxidation sites excluding steroid dienone is 7. The first-order chi connectivity index (χ1) is 27.2. The average Bonchev–Trinajstić information content (AvgIpc) is 3.16. The van der Waals surface area contributed by atoms with Gasteiger partial charge in [-0.1, -0.05) is 140 Å². The molecule has 332 valence electrons. The summed E-state index contributed by atoms with van der Waals surface area (Å²) < 4.78 is 47.6. The maximum Gasteiger partial charge on any atom is 0.472 e. The van der Waals surface area contributed by atoms with E-state index in [2.05, 4.69) is 48.0 Å². The summed E-state index contributed by atoms with van der Waals surface area (Å²) >= 11 is 0. The van der Waals surface area contributed by atoms with Gasteiger partial charge in [-0.2, -0.15) is 0 Å². The summed E-state index contributed by atoms with van der Waals surface area (Å²) in [6, 6.07) is 0. The molecule has 0 aliphatic carbocycles. The minimum atomic E-state index is -4.87. The molecule has 0 aliphatic heterocycles. The first-order valence-electron chi connectivity index (χ1n) is 20.8. The molecule has 14 nitrogen and oxygen atoms in total. The number of aliphatic hydroxyl groups excluding tert-OH is 2. The van der Waals surface area contributed by atoms with Gasteiger partial charge in [0, 0.05) is 12.8 Å². The molecule has 0 spiro atoms. The predicted octanol–water partition coefficient (Wildman–Crippen LogP) is 9.11. The minimum absolute atomic E-state index is 0.0381. The number of esters is 2. The highest BCUT2D eigenvalue weighted by Gasteiger charge is 2.28. The van der Waals surface area contributed by atoms with E-state index in [-0.39, 0.29) is 18.9 Å². The van der Waals surface area contributed by atoms with E-state index in [0.717, 1.165) is 63.7 Å². The summed E-state index contributed by atoms with van der Waals surface area (Å²) in [7, 11) is -9.70. The van der Waals surface area contributed by atoms with Crippen LogP contribution in [0.5, 0.6) is 0 Å². The molecule has 0 saturated carbocycles. The van der Waals surface area contributed by atoms with Crippen molar-refractivity contribution in [3.63, 3.8) is 0 Å². The molecule has 0 aromatic heterocycles. The van der Waals surface area contributed by atoms with Crippen LogP contribution in [-0.4, -0.2) is 81.6 Å². The molecule has 0 aromatic rings. The number of carbonyl (C=O) groups is 2. The highest BCUT2D eigenvalue weighted by Crippen LogP contribution is 2.43. The van der Waals surface area contributed by atoms with E-state index in [4.69, 9.17) is 23.8 Å². The summed E-state index contributed by atoms with van der Waals surface area (Å²) in [5.41, 5.74) is 0. The van der Waals surface area contributed by atoms with Crippen molar-refractivity contribution in [2.24, 2.45) is 5.92 Å². The number of phosphoric acid groups is 2. The van der Waals surface area contributed by atoms with Crippen LogP contribution in [0.4, 0.5) is 0 Å².